The zero-order valence-electron chi connectivity index (χ0n) is 9.67. The van der Waals surface area contributed by atoms with Crippen LogP contribution < -0.4 is 4.74 Å². The molecule has 0 saturated heterocycles. The van der Waals surface area contributed by atoms with E-state index >= 15 is 0 Å². The fraction of sp³-hybridized carbons (Fsp3) is 0.333. The third-order valence-corrected chi connectivity index (χ3v) is 1.97. The Labute approximate surface area is 99.8 Å². The molecule has 0 aliphatic heterocycles. The molecule has 0 N–H and O–H groups in total. The second-order valence-corrected chi connectivity index (χ2v) is 3.22. The second-order valence-electron chi connectivity index (χ2n) is 3.22. The fourth-order valence-corrected chi connectivity index (χ4v) is 1.18. The summed E-state index contributed by atoms with van der Waals surface area (Å²) in [6, 6.07) is 7.06. The maximum Gasteiger partial charge on any atom is 0.235 e. The number of nitrogens with zero attached hydrogens (tertiary/aromatic N) is 1. The molecular weight excluding hydrogens is 222 g/mol. The molecule has 0 aliphatic carbocycles. The highest BCUT2D eigenvalue weighted by Crippen LogP contribution is 2.13. The van der Waals surface area contributed by atoms with Gasteiger partial charge >= 0.3 is 0 Å². The first kappa shape index (κ1) is 13.2. The Hall–Kier alpha value is -1.88. The molecule has 5 nitrogen and oxygen atoms in total. The molecule has 0 radical (unpaired) electrons. The lowest BCUT2D eigenvalue weighted by molar-refractivity contribution is -0.400. The zero-order chi connectivity index (χ0) is 12.5. The minimum atomic E-state index is -0.494. The van der Waals surface area contributed by atoms with E-state index in [0.717, 1.165) is 17.5 Å². The van der Waals surface area contributed by atoms with Crippen molar-refractivity contribution in [1.29, 1.82) is 0 Å². The standard InChI is InChI=1S/C12H15NO4/c1-2-16-9-10-17-12-5-3-11(4-6-12)7-8-13(14)15/h3-8H,2,9-10H2,1H3. The van der Waals surface area contributed by atoms with Gasteiger partial charge in [-0.25, -0.2) is 0 Å². The van der Waals surface area contributed by atoms with E-state index in [1.165, 1.54) is 6.08 Å². The predicted octanol–water partition coefficient (Wildman–Crippen LogP) is 2.35. The molecule has 92 valence electrons. The minimum Gasteiger partial charge on any atom is -0.491 e. The molecule has 0 unspecified atom stereocenters. The molecule has 0 fully saturated rings. The molecule has 1 aromatic carbocycles. The van der Waals surface area contributed by atoms with E-state index in [-0.39, 0.29) is 0 Å². The van der Waals surface area contributed by atoms with E-state index in [2.05, 4.69) is 0 Å². The van der Waals surface area contributed by atoms with Crippen molar-refractivity contribution in [2.45, 2.75) is 6.92 Å². The summed E-state index contributed by atoms with van der Waals surface area (Å²) in [5.74, 6) is 0.725. The first-order chi connectivity index (χ1) is 8.22. The van der Waals surface area contributed by atoms with E-state index in [1.807, 2.05) is 6.92 Å². The van der Waals surface area contributed by atoms with E-state index in [0.29, 0.717) is 19.8 Å². The van der Waals surface area contributed by atoms with Gasteiger partial charge in [0.15, 0.2) is 0 Å². The lowest BCUT2D eigenvalue weighted by Crippen LogP contribution is -2.06. The summed E-state index contributed by atoms with van der Waals surface area (Å²) >= 11 is 0. The van der Waals surface area contributed by atoms with Crippen molar-refractivity contribution in [3.63, 3.8) is 0 Å². The topological polar surface area (TPSA) is 61.6 Å². The minimum absolute atomic E-state index is 0.494. The van der Waals surface area contributed by atoms with Gasteiger partial charge in [-0.15, -0.1) is 0 Å². The first-order valence-electron chi connectivity index (χ1n) is 5.34. The maximum atomic E-state index is 10.1. The van der Waals surface area contributed by atoms with Crippen LogP contribution in [0.3, 0.4) is 0 Å². The van der Waals surface area contributed by atoms with Crippen molar-refractivity contribution in [2.75, 3.05) is 19.8 Å². The van der Waals surface area contributed by atoms with Crippen molar-refractivity contribution >= 4 is 6.08 Å². The van der Waals surface area contributed by atoms with Gasteiger partial charge in [0.05, 0.1) is 11.5 Å². The van der Waals surface area contributed by atoms with Crippen LogP contribution >= 0.6 is 0 Å². The average molecular weight is 237 g/mol. The fourth-order valence-electron chi connectivity index (χ4n) is 1.18. The van der Waals surface area contributed by atoms with Crippen LogP contribution in [0.25, 0.3) is 6.08 Å². The number of benzene rings is 1. The van der Waals surface area contributed by atoms with E-state index in [4.69, 9.17) is 9.47 Å². The number of nitro groups is 1. The molecule has 0 atom stereocenters. The second kappa shape index (κ2) is 7.40. The van der Waals surface area contributed by atoms with Gasteiger partial charge in [-0.3, -0.25) is 10.1 Å². The smallest absolute Gasteiger partial charge is 0.235 e. The summed E-state index contributed by atoms with van der Waals surface area (Å²) < 4.78 is 10.5. The van der Waals surface area contributed by atoms with Gasteiger partial charge in [0.25, 0.3) is 0 Å². The van der Waals surface area contributed by atoms with Gasteiger partial charge in [-0.05, 0) is 24.6 Å². The van der Waals surface area contributed by atoms with E-state index in [1.54, 1.807) is 24.3 Å². The van der Waals surface area contributed by atoms with Crippen LogP contribution in [0, 0.1) is 10.1 Å². The Bertz CT molecular complexity index is 373. The lowest BCUT2D eigenvalue weighted by atomic mass is 10.2. The summed E-state index contributed by atoms with van der Waals surface area (Å²) in [6.07, 6.45) is 2.34. The SMILES string of the molecule is CCOCCOc1ccc(C=C[N+](=O)[O-])cc1. The summed E-state index contributed by atoms with van der Waals surface area (Å²) in [6.45, 7) is 3.65. The lowest BCUT2D eigenvalue weighted by Gasteiger charge is -2.05. The Morgan fingerprint density at radius 3 is 2.59 bits per heavy atom. The van der Waals surface area contributed by atoms with Crippen LogP contribution in [0.15, 0.2) is 30.5 Å². The number of ether oxygens (including phenoxy) is 2. The van der Waals surface area contributed by atoms with Crippen molar-refractivity contribution < 1.29 is 14.4 Å². The number of hydrogen-bond acceptors (Lipinski definition) is 4. The summed E-state index contributed by atoms with van der Waals surface area (Å²) in [4.78, 5) is 9.63. The van der Waals surface area contributed by atoms with Crippen LogP contribution in [0.1, 0.15) is 12.5 Å². The van der Waals surface area contributed by atoms with E-state index < -0.39 is 4.92 Å². The molecule has 0 aromatic heterocycles. The van der Waals surface area contributed by atoms with Crippen molar-refractivity contribution in [3.05, 3.63) is 46.1 Å². The molecule has 5 heteroatoms. The van der Waals surface area contributed by atoms with Crippen LogP contribution in [-0.2, 0) is 4.74 Å². The zero-order valence-corrected chi connectivity index (χ0v) is 9.67. The normalized spacial score (nSPS) is 10.6. The van der Waals surface area contributed by atoms with Gasteiger partial charge in [-0.2, -0.15) is 0 Å². The van der Waals surface area contributed by atoms with Gasteiger partial charge in [0, 0.05) is 12.7 Å². The van der Waals surface area contributed by atoms with Crippen molar-refractivity contribution in [2.24, 2.45) is 0 Å². The molecule has 0 saturated carbocycles. The van der Waals surface area contributed by atoms with E-state index in [9.17, 15) is 10.1 Å². The summed E-state index contributed by atoms with van der Waals surface area (Å²) in [5, 5.41) is 10.1. The summed E-state index contributed by atoms with van der Waals surface area (Å²) in [7, 11) is 0. The Morgan fingerprint density at radius 1 is 1.29 bits per heavy atom. The Morgan fingerprint density at radius 2 is 2.00 bits per heavy atom. The van der Waals surface area contributed by atoms with Gasteiger partial charge < -0.3 is 9.47 Å². The van der Waals surface area contributed by atoms with Gasteiger partial charge in [0.2, 0.25) is 6.20 Å². The molecule has 1 rings (SSSR count). The predicted molar refractivity (Wildman–Crippen MR) is 64.5 cm³/mol. The third kappa shape index (κ3) is 5.67. The maximum absolute atomic E-state index is 10.1. The third-order valence-electron chi connectivity index (χ3n) is 1.97. The molecule has 0 spiro atoms. The molecule has 17 heavy (non-hydrogen) atoms. The average Bonchev–Trinajstić information content (AvgIpc) is 2.33. The Kier molecular flexibility index (Phi) is 5.74. The number of hydrogen-bond donors (Lipinski definition) is 0. The molecular formula is C12H15NO4. The van der Waals surface area contributed by atoms with Crippen molar-refractivity contribution in [3.8, 4) is 5.75 Å². The molecule has 1 aromatic rings. The number of rotatable bonds is 7. The monoisotopic (exact) mass is 237 g/mol. The van der Waals surface area contributed by atoms with Crippen LogP contribution in [-0.4, -0.2) is 24.7 Å². The molecule has 0 bridgehead atoms. The molecule has 0 heterocycles. The van der Waals surface area contributed by atoms with Crippen LogP contribution in [0.5, 0.6) is 5.75 Å². The highest BCUT2D eigenvalue weighted by Gasteiger charge is 1.94. The highest BCUT2D eigenvalue weighted by molar-refractivity contribution is 5.49. The Balaban J connectivity index is 2.42. The quantitative estimate of drug-likeness (QED) is 0.415. The summed E-state index contributed by atoms with van der Waals surface area (Å²) in [5.41, 5.74) is 0.763. The molecule has 0 aliphatic rings. The largest absolute Gasteiger partial charge is 0.491 e. The molecule has 0 amide bonds. The van der Waals surface area contributed by atoms with Crippen LogP contribution in [0.4, 0.5) is 0 Å². The van der Waals surface area contributed by atoms with Gasteiger partial charge in [-0.1, -0.05) is 12.1 Å². The highest BCUT2D eigenvalue weighted by atomic mass is 16.6. The first-order valence-corrected chi connectivity index (χ1v) is 5.34. The van der Waals surface area contributed by atoms with Crippen LogP contribution in [0.2, 0.25) is 0 Å². The van der Waals surface area contributed by atoms with Crippen molar-refractivity contribution in [1.82, 2.24) is 0 Å². The van der Waals surface area contributed by atoms with Gasteiger partial charge in [0.1, 0.15) is 12.4 Å².